The predicted molar refractivity (Wildman–Crippen MR) is 88.5 cm³/mol. The molecular weight excluding hydrogens is 374 g/mol. The maximum atomic E-state index is 12.9. The van der Waals surface area contributed by atoms with Gasteiger partial charge in [-0.25, -0.2) is 4.39 Å². The molecule has 0 unspecified atom stereocenters. The van der Waals surface area contributed by atoms with E-state index in [1.165, 1.54) is 42.5 Å². The summed E-state index contributed by atoms with van der Waals surface area (Å²) < 4.78 is 56.9. The molecule has 0 bridgehead atoms. The quantitative estimate of drug-likeness (QED) is 0.563. The number of nitrogens with one attached hydrogen (secondary N) is 1. The monoisotopic (exact) mass is 383 g/mol. The normalized spacial score (nSPS) is 11.4. The molecule has 1 N–H and O–H groups in total. The average molecular weight is 384 g/mol. The van der Waals surface area contributed by atoms with Gasteiger partial charge in [0.05, 0.1) is 10.6 Å². The second-order valence-electron chi connectivity index (χ2n) is 5.32. The number of carbonyl (C=O) groups is 1. The third-order valence-corrected chi connectivity index (χ3v) is 3.82. The zero-order valence-electron chi connectivity index (χ0n) is 12.9. The van der Waals surface area contributed by atoms with Gasteiger partial charge in [-0.15, -0.1) is 0 Å². The van der Waals surface area contributed by atoms with Crippen molar-refractivity contribution in [3.63, 3.8) is 0 Å². The molecule has 1 heterocycles. The van der Waals surface area contributed by atoms with Crippen molar-refractivity contribution in [2.24, 2.45) is 0 Å². The number of hydrogen-bond acceptors (Lipinski definition) is 2. The second kappa shape index (κ2) is 6.84. The van der Waals surface area contributed by atoms with Crippen molar-refractivity contribution in [3.05, 3.63) is 76.8 Å². The molecule has 0 aliphatic heterocycles. The highest BCUT2D eigenvalue weighted by Gasteiger charge is 2.33. The third-order valence-electron chi connectivity index (χ3n) is 3.49. The molecule has 3 aromatic rings. The summed E-state index contributed by atoms with van der Waals surface area (Å²) in [4.78, 5) is 12.2. The van der Waals surface area contributed by atoms with Crippen LogP contribution in [0.15, 0.2) is 59.0 Å². The van der Waals surface area contributed by atoms with E-state index in [-0.39, 0.29) is 11.4 Å². The van der Waals surface area contributed by atoms with Gasteiger partial charge in [0.15, 0.2) is 5.76 Å². The Hall–Kier alpha value is -2.80. The first-order chi connectivity index (χ1) is 12.2. The van der Waals surface area contributed by atoms with E-state index in [0.717, 1.165) is 12.1 Å². The number of rotatable bonds is 3. The number of halogens is 5. The van der Waals surface area contributed by atoms with Gasteiger partial charge < -0.3 is 9.73 Å². The van der Waals surface area contributed by atoms with Gasteiger partial charge in [-0.05, 0) is 54.6 Å². The van der Waals surface area contributed by atoms with Crippen molar-refractivity contribution in [1.29, 1.82) is 0 Å². The van der Waals surface area contributed by atoms with Gasteiger partial charge in [0.1, 0.15) is 11.6 Å². The van der Waals surface area contributed by atoms with Crippen LogP contribution >= 0.6 is 11.6 Å². The average Bonchev–Trinajstić information content (AvgIpc) is 3.06. The molecule has 0 radical (unpaired) electrons. The molecule has 0 spiro atoms. The number of hydrogen-bond donors (Lipinski definition) is 1. The lowest BCUT2D eigenvalue weighted by Crippen LogP contribution is -2.12. The van der Waals surface area contributed by atoms with E-state index in [9.17, 15) is 22.4 Å². The standard InChI is InChI=1S/C18H10ClF4NO2/c19-14-6-5-12(9-13(14)18(21,22)23)24-17(25)16-8-7-15(26-16)10-1-3-11(20)4-2-10/h1-9H,(H,24,25). The SMILES string of the molecule is O=C(Nc1ccc(Cl)c(C(F)(F)F)c1)c1ccc(-c2ccc(F)cc2)o1. The Morgan fingerprint density at radius 3 is 2.35 bits per heavy atom. The number of carbonyl (C=O) groups excluding carboxylic acids is 1. The van der Waals surface area contributed by atoms with Crippen molar-refractivity contribution >= 4 is 23.2 Å². The van der Waals surface area contributed by atoms with Crippen LogP contribution in [0.4, 0.5) is 23.2 Å². The van der Waals surface area contributed by atoms with E-state index in [0.29, 0.717) is 11.3 Å². The van der Waals surface area contributed by atoms with Gasteiger partial charge in [-0.2, -0.15) is 13.2 Å². The van der Waals surface area contributed by atoms with Crippen LogP contribution < -0.4 is 5.32 Å². The minimum Gasteiger partial charge on any atom is -0.451 e. The van der Waals surface area contributed by atoms with E-state index in [1.807, 2.05) is 0 Å². The van der Waals surface area contributed by atoms with E-state index in [4.69, 9.17) is 16.0 Å². The molecule has 3 nitrogen and oxygen atoms in total. The molecule has 0 atom stereocenters. The summed E-state index contributed by atoms with van der Waals surface area (Å²) in [5, 5.41) is 1.85. The molecule has 0 aliphatic carbocycles. The first kappa shape index (κ1) is 18.0. The highest BCUT2D eigenvalue weighted by molar-refractivity contribution is 6.31. The van der Waals surface area contributed by atoms with Crippen LogP contribution in [0.25, 0.3) is 11.3 Å². The lowest BCUT2D eigenvalue weighted by atomic mass is 10.2. The van der Waals surface area contributed by atoms with E-state index < -0.39 is 28.5 Å². The first-order valence-corrected chi connectivity index (χ1v) is 7.66. The van der Waals surface area contributed by atoms with Gasteiger partial charge >= 0.3 is 6.18 Å². The van der Waals surface area contributed by atoms with Crippen LogP contribution in [0.5, 0.6) is 0 Å². The van der Waals surface area contributed by atoms with Crippen LogP contribution in [-0.2, 0) is 6.18 Å². The summed E-state index contributed by atoms with van der Waals surface area (Å²) in [5.41, 5.74) is -0.578. The zero-order chi connectivity index (χ0) is 18.9. The second-order valence-corrected chi connectivity index (χ2v) is 5.72. The molecule has 1 aromatic heterocycles. The van der Waals surface area contributed by atoms with Gasteiger partial charge in [0.25, 0.3) is 5.91 Å². The highest BCUT2D eigenvalue weighted by Crippen LogP contribution is 2.36. The molecule has 1 amide bonds. The summed E-state index contributed by atoms with van der Waals surface area (Å²) in [6.07, 6.45) is -4.64. The summed E-state index contributed by atoms with van der Waals surface area (Å²) in [7, 11) is 0. The minimum atomic E-state index is -4.64. The maximum absolute atomic E-state index is 12.9. The Morgan fingerprint density at radius 1 is 1.00 bits per heavy atom. The maximum Gasteiger partial charge on any atom is 0.417 e. The largest absolute Gasteiger partial charge is 0.451 e. The number of furan rings is 1. The lowest BCUT2D eigenvalue weighted by molar-refractivity contribution is -0.137. The Labute approximate surface area is 150 Å². The Kier molecular flexibility index (Phi) is 4.73. The molecule has 0 aliphatic rings. The number of amides is 1. The number of benzene rings is 2. The first-order valence-electron chi connectivity index (χ1n) is 7.28. The smallest absolute Gasteiger partial charge is 0.417 e. The Bertz CT molecular complexity index is 949. The van der Waals surface area contributed by atoms with Crippen LogP contribution in [0.1, 0.15) is 16.1 Å². The molecule has 3 rings (SSSR count). The van der Waals surface area contributed by atoms with Crippen LogP contribution in [-0.4, -0.2) is 5.91 Å². The molecule has 0 saturated heterocycles. The van der Waals surface area contributed by atoms with E-state index >= 15 is 0 Å². The fourth-order valence-corrected chi connectivity index (χ4v) is 2.47. The summed E-state index contributed by atoms with van der Waals surface area (Å²) in [6.45, 7) is 0. The van der Waals surface area contributed by atoms with Crippen molar-refractivity contribution in [2.45, 2.75) is 6.18 Å². The van der Waals surface area contributed by atoms with Crippen molar-refractivity contribution in [2.75, 3.05) is 5.32 Å². The zero-order valence-corrected chi connectivity index (χ0v) is 13.7. The van der Waals surface area contributed by atoms with Crippen molar-refractivity contribution in [3.8, 4) is 11.3 Å². The number of anilines is 1. The van der Waals surface area contributed by atoms with Crippen LogP contribution in [0.3, 0.4) is 0 Å². The molecule has 2 aromatic carbocycles. The van der Waals surface area contributed by atoms with Crippen molar-refractivity contribution in [1.82, 2.24) is 0 Å². The molecule has 134 valence electrons. The predicted octanol–water partition coefficient (Wildman–Crippen LogP) is 6.01. The minimum absolute atomic E-state index is 0.0774. The third kappa shape index (κ3) is 3.88. The molecular formula is C18H10ClF4NO2. The fourth-order valence-electron chi connectivity index (χ4n) is 2.24. The van der Waals surface area contributed by atoms with Gasteiger partial charge in [0, 0.05) is 11.3 Å². The van der Waals surface area contributed by atoms with Gasteiger partial charge in [0.2, 0.25) is 0 Å². The molecule has 8 heteroatoms. The van der Waals surface area contributed by atoms with E-state index in [1.54, 1.807) is 0 Å². The fraction of sp³-hybridized carbons (Fsp3) is 0.0556. The number of alkyl halides is 3. The summed E-state index contributed by atoms with van der Waals surface area (Å²) in [6, 6.07) is 11.3. The molecule has 26 heavy (non-hydrogen) atoms. The van der Waals surface area contributed by atoms with Gasteiger partial charge in [-0.1, -0.05) is 11.6 Å². The lowest BCUT2D eigenvalue weighted by Gasteiger charge is -2.11. The van der Waals surface area contributed by atoms with Crippen LogP contribution in [0.2, 0.25) is 5.02 Å². The summed E-state index contributed by atoms with van der Waals surface area (Å²) >= 11 is 5.54. The van der Waals surface area contributed by atoms with Crippen LogP contribution in [0, 0.1) is 5.82 Å². The highest BCUT2D eigenvalue weighted by atomic mass is 35.5. The Morgan fingerprint density at radius 2 is 1.69 bits per heavy atom. The molecule has 0 fully saturated rings. The Balaban J connectivity index is 1.80. The topological polar surface area (TPSA) is 42.2 Å². The molecule has 0 saturated carbocycles. The van der Waals surface area contributed by atoms with Crippen molar-refractivity contribution < 1.29 is 26.8 Å². The van der Waals surface area contributed by atoms with E-state index in [2.05, 4.69) is 5.32 Å². The summed E-state index contributed by atoms with van der Waals surface area (Å²) in [5.74, 6) is -0.926. The van der Waals surface area contributed by atoms with Gasteiger partial charge in [-0.3, -0.25) is 4.79 Å².